The summed E-state index contributed by atoms with van der Waals surface area (Å²) in [7, 11) is -3.11. The molecule has 2 rings (SSSR count). The number of sulfone groups is 1. The molecule has 0 spiro atoms. The van der Waals surface area contributed by atoms with Crippen LogP contribution in [-0.2, 0) is 21.1 Å². The van der Waals surface area contributed by atoms with Crippen LogP contribution in [0.1, 0.15) is 17.5 Å². The van der Waals surface area contributed by atoms with Gasteiger partial charge >= 0.3 is 5.97 Å². The third-order valence-corrected chi connectivity index (χ3v) is 5.69. The van der Waals surface area contributed by atoms with Crippen LogP contribution in [0.5, 0.6) is 0 Å². The van der Waals surface area contributed by atoms with Gasteiger partial charge in [0.25, 0.3) is 0 Å². The normalized spacial score (nSPS) is 22.6. The lowest BCUT2D eigenvalue weighted by atomic mass is 9.85. The zero-order chi connectivity index (χ0) is 14.9. The average molecular weight is 300 g/mol. The van der Waals surface area contributed by atoms with E-state index < -0.39 is 21.7 Å². The summed E-state index contributed by atoms with van der Waals surface area (Å²) < 4.78 is 36.0. The van der Waals surface area contributed by atoms with E-state index in [2.05, 4.69) is 0 Å². The predicted molar refractivity (Wildman–Crippen MR) is 72.7 cm³/mol. The van der Waals surface area contributed by atoms with E-state index in [4.69, 9.17) is 0 Å². The van der Waals surface area contributed by atoms with Gasteiger partial charge in [0, 0.05) is 0 Å². The third kappa shape index (κ3) is 3.36. The Labute approximate surface area is 117 Å². The van der Waals surface area contributed by atoms with Crippen LogP contribution in [0, 0.1) is 24.6 Å². The molecule has 0 aromatic heterocycles. The van der Waals surface area contributed by atoms with Crippen LogP contribution < -0.4 is 0 Å². The first-order valence-electron chi connectivity index (χ1n) is 6.47. The van der Waals surface area contributed by atoms with Gasteiger partial charge in [-0.1, -0.05) is 6.07 Å². The van der Waals surface area contributed by atoms with Gasteiger partial charge in [-0.05, 0) is 48.9 Å². The Kier molecular flexibility index (Phi) is 4.13. The fourth-order valence-electron chi connectivity index (χ4n) is 2.72. The minimum atomic E-state index is -3.11. The molecule has 110 valence electrons. The maximum absolute atomic E-state index is 13.1. The Morgan fingerprint density at radius 3 is 2.70 bits per heavy atom. The quantitative estimate of drug-likeness (QED) is 0.920. The van der Waals surface area contributed by atoms with Gasteiger partial charge in [0.15, 0.2) is 9.84 Å². The maximum atomic E-state index is 13.1. The molecule has 1 aromatic carbocycles. The number of aryl methyl sites for hydroxylation is 1. The highest BCUT2D eigenvalue weighted by atomic mass is 32.2. The minimum absolute atomic E-state index is 0.0594. The molecule has 0 radical (unpaired) electrons. The molecule has 6 heteroatoms. The van der Waals surface area contributed by atoms with E-state index in [9.17, 15) is 22.7 Å². The molecule has 20 heavy (non-hydrogen) atoms. The van der Waals surface area contributed by atoms with Crippen molar-refractivity contribution in [1.29, 1.82) is 0 Å². The van der Waals surface area contributed by atoms with Gasteiger partial charge in [0.2, 0.25) is 0 Å². The summed E-state index contributed by atoms with van der Waals surface area (Å²) in [5.41, 5.74) is 1.44. The molecule has 0 bridgehead atoms. The molecule has 0 aliphatic carbocycles. The highest BCUT2D eigenvalue weighted by Gasteiger charge is 2.37. The molecule has 2 unspecified atom stereocenters. The van der Waals surface area contributed by atoms with Crippen molar-refractivity contribution in [3.63, 3.8) is 0 Å². The number of carboxylic acids is 1. The van der Waals surface area contributed by atoms with Crippen molar-refractivity contribution in [3.05, 3.63) is 35.1 Å². The summed E-state index contributed by atoms with van der Waals surface area (Å²) in [5.74, 6) is -2.45. The molecule has 2 atom stereocenters. The fraction of sp³-hybridized carbons (Fsp3) is 0.500. The van der Waals surface area contributed by atoms with E-state index in [1.165, 1.54) is 12.1 Å². The average Bonchev–Trinajstić information content (AvgIpc) is 2.68. The van der Waals surface area contributed by atoms with Crippen molar-refractivity contribution in [2.24, 2.45) is 11.8 Å². The summed E-state index contributed by atoms with van der Waals surface area (Å²) in [4.78, 5) is 11.4. The maximum Gasteiger partial charge on any atom is 0.307 e. The fourth-order valence-corrected chi connectivity index (χ4v) is 4.60. The largest absolute Gasteiger partial charge is 0.481 e. The van der Waals surface area contributed by atoms with Gasteiger partial charge < -0.3 is 5.11 Å². The highest BCUT2D eigenvalue weighted by Crippen LogP contribution is 2.29. The number of hydrogen-bond donors (Lipinski definition) is 1. The van der Waals surface area contributed by atoms with Gasteiger partial charge in [-0.15, -0.1) is 0 Å². The topological polar surface area (TPSA) is 71.4 Å². The molecule has 0 saturated carbocycles. The lowest BCUT2D eigenvalue weighted by Crippen LogP contribution is -2.27. The Morgan fingerprint density at radius 1 is 1.50 bits per heavy atom. The SMILES string of the molecule is Cc1cc(F)ccc1CC(C(=O)O)C1CCS(=O)(=O)C1. The molecule has 1 fully saturated rings. The van der Waals surface area contributed by atoms with Crippen molar-refractivity contribution in [3.8, 4) is 0 Å². The van der Waals surface area contributed by atoms with Crippen molar-refractivity contribution in [2.45, 2.75) is 19.8 Å². The number of benzene rings is 1. The Balaban J connectivity index is 2.20. The van der Waals surface area contributed by atoms with Gasteiger partial charge in [-0.2, -0.15) is 0 Å². The predicted octanol–water partition coefficient (Wildman–Crippen LogP) is 1.81. The summed E-state index contributed by atoms with van der Waals surface area (Å²) in [5, 5.41) is 9.34. The standard InChI is InChI=1S/C14H17FO4S/c1-9-6-12(15)3-2-10(9)7-13(14(16)17)11-4-5-20(18,19)8-11/h2-3,6,11,13H,4-5,7-8H2,1H3,(H,16,17). The van der Waals surface area contributed by atoms with Crippen LogP contribution in [0.25, 0.3) is 0 Å². The van der Waals surface area contributed by atoms with E-state index in [0.29, 0.717) is 12.0 Å². The smallest absolute Gasteiger partial charge is 0.307 e. The van der Waals surface area contributed by atoms with E-state index in [0.717, 1.165) is 5.56 Å². The second-order valence-corrected chi connectivity index (χ2v) is 7.61. The molecule has 0 amide bonds. The van der Waals surface area contributed by atoms with Crippen molar-refractivity contribution in [1.82, 2.24) is 0 Å². The first kappa shape index (κ1) is 15.0. The molecular formula is C14H17FO4S. The summed E-state index contributed by atoms with van der Waals surface area (Å²) in [6, 6.07) is 4.23. The van der Waals surface area contributed by atoms with Gasteiger partial charge in [-0.3, -0.25) is 4.79 Å². The minimum Gasteiger partial charge on any atom is -0.481 e. The van der Waals surface area contributed by atoms with Crippen LogP contribution in [-0.4, -0.2) is 31.0 Å². The number of carboxylic acid groups (broad SMARTS) is 1. The summed E-state index contributed by atoms with van der Waals surface area (Å²) in [6.45, 7) is 1.72. The number of aliphatic carboxylic acids is 1. The van der Waals surface area contributed by atoms with Crippen LogP contribution in [0.4, 0.5) is 4.39 Å². The van der Waals surface area contributed by atoms with Gasteiger partial charge in [0.05, 0.1) is 17.4 Å². The van der Waals surface area contributed by atoms with E-state index in [-0.39, 0.29) is 29.7 Å². The molecular weight excluding hydrogens is 283 g/mol. The molecule has 1 N–H and O–H groups in total. The van der Waals surface area contributed by atoms with Crippen LogP contribution >= 0.6 is 0 Å². The first-order valence-corrected chi connectivity index (χ1v) is 8.29. The Bertz CT molecular complexity index is 624. The van der Waals surface area contributed by atoms with Crippen molar-refractivity contribution < 1.29 is 22.7 Å². The second-order valence-electron chi connectivity index (χ2n) is 5.38. The van der Waals surface area contributed by atoms with Crippen LogP contribution in [0.3, 0.4) is 0 Å². The second kappa shape index (κ2) is 5.52. The molecule has 1 saturated heterocycles. The van der Waals surface area contributed by atoms with Gasteiger partial charge in [-0.25, -0.2) is 12.8 Å². The van der Waals surface area contributed by atoms with Crippen LogP contribution in [0.15, 0.2) is 18.2 Å². The van der Waals surface area contributed by atoms with E-state index >= 15 is 0 Å². The molecule has 1 aromatic rings. The zero-order valence-corrected chi connectivity index (χ0v) is 12.0. The zero-order valence-electron chi connectivity index (χ0n) is 11.2. The van der Waals surface area contributed by atoms with E-state index in [1.54, 1.807) is 13.0 Å². The number of halogens is 1. The Morgan fingerprint density at radius 2 is 2.20 bits per heavy atom. The number of carbonyl (C=O) groups is 1. The van der Waals surface area contributed by atoms with Crippen molar-refractivity contribution in [2.75, 3.05) is 11.5 Å². The summed E-state index contributed by atoms with van der Waals surface area (Å²) >= 11 is 0. The lowest BCUT2D eigenvalue weighted by molar-refractivity contribution is -0.143. The number of hydrogen-bond acceptors (Lipinski definition) is 3. The molecule has 1 aliphatic rings. The number of rotatable bonds is 4. The van der Waals surface area contributed by atoms with Crippen molar-refractivity contribution >= 4 is 15.8 Å². The third-order valence-electron chi connectivity index (χ3n) is 3.90. The van der Waals surface area contributed by atoms with E-state index in [1.807, 2.05) is 0 Å². The molecule has 1 aliphatic heterocycles. The lowest BCUT2D eigenvalue weighted by Gasteiger charge is -2.19. The first-order chi connectivity index (χ1) is 9.28. The van der Waals surface area contributed by atoms with Crippen LogP contribution in [0.2, 0.25) is 0 Å². The monoisotopic (exact) mass is 300 g/mol. The molecule has 4 nitrogen and oxygen atoms in total. The molecule has 1 heterocycles. The highest BCUT2D eigenvalue weighted by molar-refractivity contribution is 7.91. The summed E-state index contributed by atoms with van der Waals surface area (Å²) in [6.07, 6.45) is 0.626. The Hall–Kier alpha value is -1.43. The van der Waals surface area contributed by atoms with Gasteiger partial charge in [0.1, 0.15) is 5.82 Å².